The van der Waals surface area contributed by atoms with Gasteiger partial charge in [0.2, 0.25) is 0 Å². The van der Waals surface area contributed by atoms with E-state index in [0.29, 0.717) is 18.7 Å². The van der Waals surface area contributed by atoms with Crippen LogP contribution < -0.4 is 20.4 Å². The predicted molar refractivity (Wildman–Crippen MR) is 162 cm³/mol. The first kappa shape index (κ1) is 27.9. The lowest BCUT2D eigenvalue weighted by Crippen LogP contribution is -2.51. The van der Waals surface area contributed by atoms with Crippen LogP contribution in [0.4, 0.5) is 11.4 Å². The highest BCUT2D eigenvalue weighted by Crippen LogP contribution is 2.37. The molecule has 0 aliphatic carbocycles. The van der Waals surface area contributed by atoms with Crippen LogP contribution in [0.1, 0.15) is 46.2 Å². The zero-order valence-electron chi connectivity index (χ0n) is 24.4. The van der Waals surface area contributed by atoms with E-state index < -0.39 is 0 Å². The minimum absolute atomic E-state index is 0.00228. The number of nitrogens with one attached hydrogen (secondary N) is 2. The molecule has 5 rings (SSSR count). The highest BCUT2D eigenvalue weighted by atomic mass is 16.2. The van der Waals surface area contributed by atoms with Gasteiger partial charge in [-0.2, -0.15) is 5.26 Å². The number of hydrogen-bond acceptors (Lipinski definition) is 7. The molecule has 8 heteroatoms. The van der Waals surface area contributed by atoms with Gasteiger partial charge >= 0.3 is 0 Å². The molecule has 0 radical (unpaired) electrons. The summed E-state index contributed by atoms with van der Waals surface area (Å²) in [6, 6.07) is 15.4. The van der Waals surface area contributed by atoms with Crippen molar-refractivity contribution in [1.29, 1.82) is 5.26 Å². The van der Waals surface area contributed by atoms with Gasteiger partial charge in [-0.1, -0.05) is 30.3 Å². The van der Waals surface area contributed by atoms with Crippen LogP contribution in [0.25, 0.3) is 10.8 Å². The molecule has 1 amide bonds. The Bertz CT molecular complexity index is 1440. The fourth-order valence-electron chi connectivity index (χ4n) is 6.45. The second kappa shape index (κ2) is 11.8. The van der Waals surface area contributed by atoms with E-state index in [0.717, 1.165) is 56.1 Å². The third-order valence-electron chi connectivity index (χ3n) is 8.14. The van der Waals surface area contributed by atoms with Crippen molar-refractivity contribution < 1.29 is 4.79 Å². The molecule has 2 aliphatic rings. The number of carbonyl (C=O) groups is 1. The van der Waals surface area contributed by atoms with E-state index in [-0.39, 0.29) is 18.0 Å². The first-order chi connectivity index (χ1) is 19.3. The largest absolute Gasteiger partial charge is 0.368 e. The number of aromatic nitrogens is 1. The highest BCUT2D eigenvalue weighted by molar-refractivity contribution is 5.98. The number of nitriles is 1. The van der Waals surface area contributed by atoms with Gasteiger partial charge in [-0.15, -0.1) is 0 Å². The highest BCUT2D eigenvalue weighted by Gasteiger charge is 2.31. The molecule has 1 saturated heterocycles. The number of piperazine rings is 1. The first-order valence-corrected chi connectivity index (χ1v) is 14.3. The standard InChI is InChI=1S/C32H41N7O/c1-21-8-6-9-24-10-7-11-28(29(21)24)38-16-13-26-27(20-38)36-30(32(40)35-22(2)18-37(4)5)23(3)31(26)39-17-15-34-25(19-39)12-14-33/h6-11,22,25,34H,12-13,15-20H2,1-5H3,(H,35,40). The van der Waals surface area contributed by atoms with Crippen LogP contribution in [-0.2, 0) is 13.0 Å². The number of rotatable bonds is 7. The summed E-state index contributed by atoms with van der Waals surface area (Å²) in [6.45, 7) is 10.9. The van der Waals surface area contributed by atoms with Gasteiger partial charge in [0, 0.05) is 72.7 Å². The second-order valence-electron chi connectivity index (χ2n) is 11.6. The maximum atomic E-state index is 13.6. The molecule has 3 heterocycles. The predicted octanol–water partition coefficient (Wildman–Crippen LogP) is 3.79. The summed E-state index contributed by atoms with van der Waals surface area (Å²) in [5.74, 6) is -0.127. The summed E-state index contributed by atoms with van der Waals surface area (Å²) in [5.41, 5.74) is 7.25. The minimum atomic E-state index is -0.127. The molecular formula is C32H41N7O. The lowest BCUT2D eigenvalue weighted by molar-refractivity contribution is 0.0928. The summed E-state index contributed by atoms with van der Waals surface area (Å²) < 4.78 is 0. The molecule has 3 aromatic rings. The first-order valence-electron chi connectivity index (χ1n) is 14.3. The van der Waals surface area contributed by atoms with Crippen LogP contribution in [0.2, 0.25) is 0 Å². The fourth-order valence-corrected chi connectivity index (χ4v) is 6.45. The fraction of sp³-hybridized carbons (Fsp3) is 0.469. The van der Waals surface area contributed by atoms with Gasteiger partial charge in [-0.05, 0) is 58.3 Å². The van der Waals surface area contributed by atoms with E-state index in [1.165, 1.54) is 27.6 Å². The Morgan fingerprint density at radius 3 is 2.73 bits per heavy atom. The van der Waals surface area contributed by atoms with Crippen molar-refractivity contribution in [1.82, 2.24) is 20.5 Å². The van der Waals surface area contributed by atoms with E-state index in [2.05, 4.69) is 74.7 Å². The van der Waals surface area contributed by atoms with Crippen LogP contribution in [0.15, 0.2) is 36.4 Å². The number of hydrogen-bond donors (Lipinski definition) is 2. The van der Waals surface area contributed by atoms with Gasteiger partial charge < -0.3 is 25.3 Å². The van der Waals surface area contributed by atoms with Crippen molar-refractivity contribution in [3.8, 4) is 6.07 Å². The molecule has 2 N–H and O–H groups in total. The summed E-state index contributed by atoms with van der Waals surface area (Å²) in [4.78, 5) is 25.6. The number of amides is 1. The average Bonchev–Trinajstić information content (AvgIpc) is 2.92. The molecule has 1 aromatic heterocycles. The third-order valence-corrected chi connectivity index (χ3v) is 8.14. The molecule has 2 unspecified atom stereocenters. The molecule has 0 spiro atoms. The molecule has 8 nitrogen and oxygen atoms in total. The third kappa shape index (κ3) is 5.63. The molecule has 0 saturated carbocycles. The molecule has 2 atom stereocenters. The number of benzene rings is 2. The minimum Gasteiger partial charge on any atom is -0.368 e. The number of fused-ring (bicyclic) bond motifs is 2. The lowest BCUT2D eigenvalue weighted by atomic mass is 9.94. The Morgan fingerprint density at radius 1 is 1.20 bits per heavy atom. The van der Waals surface area contributed by atoms with Crippen molar-refractivity contribution in [3.63, 3.8) is 0 Å². The Labute approximate surface area is 238 Å². The maximum Gasteiger partial charge on any atom is 0.270 e. The maximum absolute atomic E-state index is 13.6. The lowest BCUT2D eigenvalue weighted by Gasteiger charge is -2.39. The molecule has 40 heavy (non-hydrogen) atoms. The second-order valence-corrected chi connectivity index (χ2v) is 11.6. The quantitative estimate of drug-likeness (QED) is 0.472. The van der Waals surface area contributed by atoms with Crippen molar-refractivity contribution in [3.05, 3.63) is 64.5 Å². The molecular weight excluding hydrogens is 498 g/mol. The Hall–Kier alpha value is -3.67. The van der Waals surface area contributed by atoms with Crippen LogP contribution in [0.5, 0.6) is 0 Å². The number of aryl methyl sites for hydroxylation is 1. The smallest absolute Gasteiger partial charge is 0.270 e. The SMILES string of the molecule is Cc1c(C(=O)NC(C)CN(C)C)nc2c(c1N1CCNC(CC#N)C1)CCN(c1cccc3cccc(C)c13)C2. The normalized spacial score (nSPS) is 18.0. The zero-order valence-corrected chi connectivity index (χ0v) is 24.4. The number of likely N-dealkylation sites (N-methyl/N-ethyl adjacent to an activating group) is 1. The zero-order chi connectivity index (χ0) is 28.4. The van der Waals surface area contributed by atoms with Gasteiger partial charge in [0.25, 0.3) is 5.91 Å². The Balaban J connectivity index is 1.56. The summed E-state index contributed by atoms with van der Waals surface area (Å²) in [7, 11) is 4.02. The molecule has 2 aliphatic heterocycles. The molecule has 0 bridgehead atoms. The van der Waals surface area contributed by atoms with Crippen LogP contribution in [0, 0.1) is 25.2 Å². The van der Waals surface area contributed by atoms with E-state index in [4.69, 9.17) is 4.98 Å². The molecule has 1 fully saturated rings. The van der Waals surface area contributed by atoms with Crippen molar-refractivity contribution in [2.45, 2.75) is 52.2 Å². The van der Waals surface area contributed by atoms with Gasteiger partial charge in [0.1, 0.15) is 5.69 Å². The van der Waals surface area contributed by atoms with Gasteiger partial charge in [-0.3, -0.25) is 4.79 Å². The van der Waals surface area contributed by atoms with E-state index in [1.54, 1.807) is 0 Å². The Kier molecular flexibility index (Phi) is 8.24. The summed E-state index contributed by atoms with van der Waals surface area (Å²) >= 11 is 0. The topological polar surface area (TPSA) is 87.5 Å². The number of carbonyl (C=O) groups excluding carboxylic acids is 1. The van der Waals surface area contributed by atoms with E-state index in [9.17, 15) is 10.1 Å². The summed E-state index contributed by atoms with van der Waals surface area (Å²) in [5, 5.41) is 18.5. The van der Waals surface area contributed by atoms with Crippen LogP contribution in [0.3, 0.4) is 0 Å². The molecule has 210 valence electrons. The van der Waals surface area contributed by atoms with Gasteiger partial charge in [0.15, 0.2) is 0 Å². The van der Waals surface area contributed by atoms with E-state index in [1.807, 2.05) is 27.9 Å². The van der Waals surface area contributed by atoms with Gasteiger partial charge in [-0.25, -0.2) is 4.98 Å². The monoisotopic (exact) mass is 539 g/mol. The number of pyridine rings is 1. The Morgan fingerprint density at radius 2 is 1.98 bits per heavy atom. The number of anilines is 2. The van der Waals surface area contributed by atoms with Gasteiger partial charge in [0.05, 0.1) is 24.7 Å². The molecule has 2 aromatic carbocycles. The number of nitrogens with zero attached hydrogens (tertiary/aromatic N) is 5. The average molecular weight is 540 g/mol. The summed E-state index contributed by atoms with van der Waals surface area (Å²) in [6.07, 6.45) is 1.32. The van der Waals surface area contributed by atoms with Crippen LogP contribution >= 0.6 is 0 Å². The van der Waals surface area contributed by atoms with Crippen molar-refractivity contribution >= 4 is 28.1 Å². The van der Waals surface area contributed by atoms with Crippen LogP contribution in [-0.4, -0.2) is 74.7 Å². The van der Waals surface area contributed by atoms with Crippen molar-refractivity contribution in [2.24, 2.45) is 0 Å². The van der Waals surface area contributed by atoms with E-state index >= 15 is 0 Å². The van der Waals surface area contributed by atoms with Crippen molar-refractivity contribution in [2.75, 3.05) is 56.6 Å².